The number of allylic oxidation sites excluding steroid dienone is 1. The highest BCUT2D eigenvalue weighted by Gasteiger charge is 2.37. The molecular formula is C29H30N2O6. The van der Waals surface area contributed by atoms with Crippen LogP contribution in [0, 0.1) is 0 Å². The Bertz CT molecular complexity index is 1360. The van der Waals surface area contributed by atoms with Crippen molar-refractivity contribution in [3.63, 3.8) is 0 Å². The third-order valence-electron chi connectivity index (χ3n) is 7.03. The summed E-state index contributed by atoms with van der Waals surface area (Å²) >= 11 is 0. The first-order valence-corrected chi connectivity index (χ1v) is 12.0. The van der Waals surface area contributed by atoms with Gasteiger partial charge in [-0.05, 0) is 48.2 Å². The van der Waals surface area contributed by atoms with Gasteiger partial charge in [0, 0.05) is 23.3 Å². The first-order valence-electron chi connectivity index (χ1n) is 12.0. The van der Waals surface area contributed by atoms with Gasteiger partial charge in [0.25, 0.3) is 0 Å². The fourth-order valence-electron chi connectivity index (χ4n) is 5.24. The van der Waals surface area contributed by atoms with Crippen LogP contribution in [0.3, 0.4) is 0 Å². The summed E-state index contributed by atoms with van der Waals surface area (Å²) in [5.74, 6) is 1.83. The number of phenolic OH excluding ortho intramolecular Hbond substituents is 1. The van der Waals surface area contributed by atoms with E-state index in [0.29, 0.717) is 47.0 Å². The Morgan fingerprint density at radius 2 is 1.49 bits per heavy atom. The molecule has 0 saturated heterocycles. The Kier molecular flexibility index (Phi) is 6.56. The molecule has 2 atom stereocenters. The Morgan fingerprint density at radius 1 is 0.811 bits per heavy atom. The van der Waals surface area contributed by atoms with Crippen LogP contribution in [-0.2, 0) is 4.79 Å². The number of methoxy groups -OCH3 is 4. The van der Waals surface area contributed by atoms with Gasteiger partial charge in [0.15, 0.2) is 28.8 Å². The summed E-state index contributed by atoms with van der Waals surface area (Å²) in [5, 5.41) is 18.0. The minimum atomic E-state index is -0.561. The standard InChI is InChI=1S/C29H30N2O6/c1-34-23-11-7-8-18(28(23)33)27-26-21(30-19-9-5-6-10-20(19)31-27)12-16(13-22(26)32)17-14-24(35-2)29(37-4)25(15-17)36-3/h5-11,14-16,27,30-31,33H,12-13H2,1-4H3. The minimum absolute atomic E-state index is 0.00767. The third-order valence-corrected chi connectivity index (χ3v) is 7.03. The molecule has 5 rings (SSSR count). The molecule has 0 amide bonds. The molecule has 192 valence electrons. The molecule has 0 radical (unpaired) electrons. The van der Waals surface area contributed by atoms with Gasteiger partial charge in [0.05, 0.1) is 45.9 Å². The molecule has 3 aromatic rings. The van der Waals surface area contributed by atoms with Gasteiger partial charge in [-0.3, -0.25) is 4.79 Å². The number of para-hydroxylation sites is 3. The van der Waals surface area contributed by atoms with Gasteiger partial charge in [-0.15, -0.1) is 0 Å². The number of hydrogen-bond donors (Lipinski definition) is 3. The van der Waals surface area contributed by atoms with E-state index in [-0.39, 0.29) is 17.5 Å². The smallest absolute Gasteiger partial charge is 0.203 e. The van der Waals surface area contributed by atoms with Gasteiger partial charge in [-0.25, -0.2) is 0 Å². The van der Waals surface area contributed by atoms with E-state index in [0.717, 1.165) is 22.6 Å². The molecule has 0 bridgehead atoms. The van der Waals surface area contributed by atoms with Crippen LogP contribution in [0.25, 0.3) is 0 Å². The summed E-state index contributed by atoms with van der Waals surface area (Å²) in [5.41, 5.74) is 4.59. The molecule has 37 heavy (non-hydrogen) atoms. The number of phenols is 1. The number of nitrogens with one attached hydrogen (secondary N) is 2. The van der Waals surface area contributed by atoms with E-state index < -0.39 is 6.04 Å². The van der Waals surface area contributed by atoms with E-state index in [9.17, 15) is 9.90 Å². The van der Waals surface area contributed by atoms with Crippen LogP contribution in [0.4, 0.5) is 11.4 Å². The number of ketones is 1. The molecule has 8 heteroatoms. The SMILES string of the molecule is COc1cccc(C2Nc3ccccc3NC3=C2C(=O)CC(c2cc(OC)c(OC)c(OC)c2)C3)c1O. The fourth-order valence-corrected chi connectivity index (χ4v) is 5.24. The summed E-state index contributed by atoms with van der Waals surface area (Å²) < 4.78 is 21.9. The molecule has 2 aliphatic rings. The first-order chi connectivity index (χ1) is 18.0. The lowest BCUT2D eigenvalue weighted by molar-refractivity contribution is -0.116. The molecule has 0 fully saturated rings. The number of aromatic hydroxyl groups is 1. The lowest BCUT2D eigenvalue weighted by Gasteiger charge is -2.30. The van der Waals surface area contributed by atoms with Gasteiger partial charge in [-0.1, -0.05) is 24.3 Å². The lowest BCUT2D eigenvalue weighted by atomic mass is 9.78. The molecule has 0 spiro atoms. The molecular weight excluding hydrogens is 472 g/mol. The van der Waals surface area contributed by atoms with E-state index in [1.807, 2.05) is 48.5 Å². The van der Waals surface area contributed by atoms with Crippen LogP contribution in [-0.4, -0.2) is 39.3 Å². The summed E-state index contributed by atoms with van der Waals surface area (Å²) in [6.07, 6.45) is 0.870. The zero-order chi connectivity index (χ0) is 26.1. The highest BCUT2D eigenvalue weighted by molar-refractivity contribution is 6.01. The summed E-state index contributed by atoms with van der Waals surface area (Å²) in [6, 6.07) is 16.4. The largest absolute Gasteiger partial charge is 0.504 e. The first kappa shape index (κ1) is 24.4. The Labute approximate surface area is 215 Å². The van der Waals surface area contributed by atoms with E-state index in [1.165, 1.54) is 7.11 Å². The van der Waals surface area contributed by atoms with E-state index in [4.69, 9.17) is 18.9 Å². The van der Waals surface area contributed by atoms with E-state index in [2.05, 4.69) is 10.6 Å². The maximum atomic E-state index is 13.9. The average Bonchev–Trinajstić information content (AvgIpc) is 3.09. The number of Topliss-reactive ketones (excluding diaryl/α,β-unsaturated/α-hetero) is 1. The highest BCUT2D eigenvalue weighted by atomic mass is 16.5. The third kappa shape index (κ3) is 4.28. The van der Waals surface area contributed by atoms with Crippen LogP contribution >= 0.6 is 0 Å². The molecule has 8 nitrogen and oxygen atoms in total. The van der Waals surface area contributed by atoms with Crippen molar-refractivity contribution in [2.24, 2.45) is 0 Å². The van der Waals surface area contributed by atoms with Crippen molar-refractivity contribution in [3.05, 3.63) is 77.0 Å². The van der Waals surface area contributed by atoms with Crippen molar-refractivity contribution in [2.45, 2.75) is 24.8 Å². The average molecular weight is 503 g/mol. The van der Waals surface area contributed by atoms with Crippen molar-refractivity contribution in [2.75, 3.05) is 39.1 Å². The summed E-state index contributed by atoms with van der Waals surface area (Å²) in [4.78, 5) is 13.9. The van der Waals surface area contributed by atoms with Crippen LogP contribution in [0.5, 0.6) is 28.7 Å². The maximum absolute atomic E-state index is 13.9. The molecule has 2 unspecified atom stereocenters. The van der Waals surface area contributed by atoms with Gasteiger partial charge in [0.1, 0.15) is 0 Å². The molecule has 0 aromatic heterocycles. The second kappa shape index (κ2) is 9.97. The van der Waals surface area contributed by atoms with Crippen molar-refractivity contribution in [1.29, 1.82) is 0 Å². The lowest BCUT2D eigenvalue weighted by Crippen LogP contribution is -2.27. The zero-order valence-electron chi connectivity index (χ0n) is 21.3. The van der Waals surface area contributed by atoms with Gasteiger partial charge < -0.3 is 34.7 Å². The normalized spacial score (nSPS) is 18.5. The number of rotatable bonds is 6. The summed E-state index contributed by atoms with van der Waals surface area (Å²) in [7, 11) is 6.23. The van der Waals surface area contributed by atoms with Gasteiger partial charge >= 0.3 is 0 Å². The van der Waals surface area contributed by atoms with Crippen molar-refractivity contribution >= 4 is 17.2 Å². The number of hydrogen-bond acceptors (Lipinski definition) is 8. The quantitative estimate of drug-likeness (QED) is 0.412. The molecule has 0 saturated carbocycles. The molecule has 3 N–H and O–H groups in total. The predicted octanol–water partition coefficient (Wildman–Crippen LogP) is 5.41. The Hall–Kier alpha value is -4.33. The minimum Gasteiger partial charge on any atom is -0.504 e. The number of carbonyl (C=O) groups excluding carboxylic acids is 1. The second-order valence-electron chi connectivity index (χ2n) is 9.03. The second-order valence-corrected chi connectivity index (χ2v) is 9.03. The monoisotopic (exact) mass is 502 g/mol. The fraction of sp³-hybridized carbons (Fsp3) is 0.276. The van der Waals surface area contributed by atoms with E-state index >= 15 is 0 Å². The van der Waals surface area contributed by atoms with Crippen LogP contribution in [0.1, 0.15) is 35.9 Å². The van der Waals surface area contributed by atoms with Crippen LogP contribution in [0.15, 0.2) is 65.9 Å². The number of benzene rings is 3. The molecule has 1 aliphatic heterocycles. The van der Waals surface area contributed by atoms with Gasteiger partial charge in [0.2, 0.25) is 5.75 Å². The molecule has 3 aromatic carbocycles. The topological polar surface area (TPSA) is 98.3 Å². The zero-order valence-corrected chi connectivity index (χ0v) is 21.3. The predicted molar refractivity (Wildman–Crippen MR) is 141 cm³/mol. The number of carbonyl (C=O) groups is 1. The van der Waals surface area contributed by atoms with Crippen molar-refractivity contribution in [3.8, 4) is 28.7 Å². The maximum Gasteiger partial charge on any atom is 0.203 e. The number of ether oxygens (including phenoxy) is 4. The Balaban J connectivity index is 1.62. The number of anilines is 2. The highest BCUT2D eigenvalue weighted by Crippen LogP contribution is 2.48. The van der Waals surface area contributed by atoms with Crippen molar-refractivity contribution < 1.29 is 28.8 Å². The molecule has 1 heterocycles. The Morgan fingerprint density at radius 3 is 2.14 bits per heavy atom. The van der Waals surface area contributed by atoms with Gasteiger partial charge in [-0.2, -0.15) is 0 Å². The molecule has 1 aliphatic carbocycles. The number of fused-ring (bicyclic) bond motifs is 1. The summed E-state index contributed by atoms with van der Waals surface area (Å²) in [6.45, 7) is 0. The van der Waals surface area contributed by atoms with Crippen molar-refractivity contribution in [1.82, 2.24) is 0 Å². The van der Waals surface area contributed by atoms with Crippen LogP contribution in [0.2, 0.25) is 0 Å². The van der Waals surface area contributed by atoms with E-state index in [1.54, 1.807) is 27.4 Å². The van der Waals surface area contributed by atoms with Crippen LogP contribution < -0.4 is 29.6 Å².